The zero-order valence-corrected chi connectivity index (χ0v) is 4.50. The Bertz CT molecular complexity index is 167. The molecular weight excluding hydrogens is 107 g/mol. The van der Waals surface area contributed by atoms with Crippen LogP contribution >= 0.6 is 0 Å². The summed E-state index contributed by atoms with van der Waals surface area (Å²) in [5.41, 5.74) is 0. The molecule has 1 rings (SSSR count). The van der Waals surface area contributed by atoms with Gasteiger partial charge in [0.25, 0.3) is 0 Å². The molecule has 0 atom stereocenters. The minimum Gasteiger partial charge on any atom is -0.249 e. The summed E-state index contributed by atoms with van der Waals surface area (Å²) in [6, 6.07) is 0. The van der Waals surface area contributed by atoms with Crippen molar-refractivity contribution in [2.24, 2.45) is 7.05 Å². The van der Waals surface area contributed by atoms with E-state index in [1.807, 2.05) is 0 Å². The highest BCUT2D eigenvalue weighted by Crippen LogP contribution is 1.78. The average Bonchev–Trinajstić information content (AvgIpc) is 1.77. The SMILES string of the molecule is C[n+]1ccncc1F. The van der Waals surface area contributed by atoms with E-state index in [2.05, 4.69) is 4.98 Å². The third-order valence-corrected chi connectivity index (χ3v) is 0.894. The zero-order valence-electron chi connectivity index (χ0n) is 4.50. The Morgan fingerprint density at radius 2 is 2.50 bits per heavy atom. The van der Waals surface area contributed by atoms with Crippen LogP contribution in [-0.2, 0) is 7.05 Å². The third-order valence-electron chi connectivity index (χ3n) is 0.894. The summed E-state index contributed by atoms with van der Waals surface area (Å²) < 4.78 is 13.6. The zero-order chi connectivity index (χ0) is 5.98. The second-order valence-electron chi connectivity index (χ2n) is 1.51. The van der Waals surface area contributed by atoms with E-state index in [0.717, 1.165) is 0 Å². The van der Waals surface area contributed by atoms with Crippen LogP contribution < -0.4 is 4.57 Å². The van der Waals surface area contributed by atoms with E-state index in [0.29, 0.717) is 0 Å². The van der Waals surface area contributed by atoms with Gasteiger partial charge in [0, 0.05) is 0 Å². The van der Waals surface area contributed by atoms with Gasteiger partial charge in [-0.3, -0.25) is 0 Å². The van der Waals surface area contributed by atoms with Crippen LogP contribution in [-0.4, -0.2) is 4.98 Å². The molecule has 0 radical (unpaired) electrons. The van der Waals surface area contributed by atoms with Gasteiger partial charge in [-0.25, -0.2) is 4.98 Å². The third kappa shape index (κ3) is 0.804. The summed E-state index contributed by atoms with van der Waals surface area (Å²) in [5, 5.41) is 0. The Morgan fingerprint density at radius 1 is 1.75 bits per heavy atom. The molecule has 2 nitrogen and oxygen atoms in total. The van der Waals surface area contributed by atoms with Crippen molar-refractivity contribution in [1.82, 2.24) is 4.98 Å². The van der Waals surface area contributed by atoms with Crippen molar-refractivity contribution in [3.63, 3.8) is 0 Å². The van der Waals surface area contributed by atoms with Crippen molar-refractivity contribution in [2.75, 3.05) is 0 Å². The van der Waals surface area contributed by atoms with Gasteiger partial charge < -0.3 is 0 Å². The fourth-order valence-corrected chi connectivity index (χ4v) is 0.405. The fraction of sp³-hybridized carbons (Fsp3) is 0.200. The molecule has 0 amide bonds. The summed E-state index contributed by atoms with van der Waals surface area (Å²) in [5.74, 6) is -0.326. The van der Waals surface area contributed by atoms with Crippen LogP contribution in [0.3, 0.4) is 0 Å². The Balaban J connectivity index is 3.13. The van der Waals surface area contributed by atoms with Crippen molar-refractivity contribution in [1.29, 1.82) is 0 Å². The van der Waals surface area contributed by atoms with Gasteiger partial charge in [-0.2, -0.15) is 4.57 Å². The minimum atomic E-state index is -0.326. The number of aryl methyl sites for hydroxylation is 1. The molecule has 0 fully saturated rings. The molecule has 1 heterocycles. The molecule has 0 aliphatic carbocycles. The molecule has 1 aromatic rings. The van der Waals surface area contributed by atoms with E-state index in [4.69, 9.17) is 0 Å². The molecule has 0 N–H and O–H groups in total. The van der Waals surface area contributed by atoms with Crippen molar-refractivity contribution < 1.29 is 8.96 Å². The van der Waals surface area contributed by atoms with Crippen LogP contribution in [0.2, 0.25) is 0 Å². The van der Waals surface area contributed by atoms with Crippen LogP contribution in [0.1, 0.15) is 0 Å². The summed E-state index contributed by atoms with van der Waals surface area (Å²) in [6.45, 7) is 0. The molecule has 3 heteroatoms. The fourth-order valence-electron chi connectivity index (χ4n) is 0.405. The van der Waals surface area contributed by atoms with Crippen LogP contribution in [0.15, 0.2) is 18.6 Å². The van der Waals surface area contributed by atoms with Gasteiger partial charge in [-0.1, -0.05) is 0 Å². The maximum atomic E-state index is 12.2. The summed E-state index contributed by atoms with van der Waals surface area (Å²) >= 11 is 0. The normalized spacial score (nSPS) is 9.25. The van der Waals surface area contributed by atoms with E-state index >= 15 is 0 Å². The van der Waals surface area contributed by atoms with Crippen molar-refractivity contribution in [2.45, 2.75) is 0 Å². The molecule has 0 aliphatic heterocycles. The first-order chi connectivity index (χ1) is 3.80. The Labute approximate surface area is 46.6 Å². The molecule has 8 heavy (non-hydrogen) atoms. The highest BCUT2D eigenvalue weighted by molar-refractivity contribution is 4.66. The van der Waals surface area contributed by atoms with Crippen LogP contribution in [0.5, 0.6) is 0 Å². The first kappa shape index (κ1) is 5.15. The predicted octanol–water partition coefficient (Wildman–Crippen LogP) is 0.0452. The Hall–Kier alpha value is -0.990. The minimum absolute atomic E-state index is 0.326. The maximum absolute atomic E-state index is 12.2. The van der Waals surface area contributed by atoms with Crippen LogP contribution in [0.25, 0.3) is 0 Å². The molecule has 0 unspecified atom stereocenters. The number of nitrogens with zero attached hydrogens (tertiary/aromatic N) is 2. The number of aromatic nitrogens is 2. The van der Waals surface area contributed by atoms with Gasteiger partial charge in [0.1, 0.15) is 13.2 Å². The molecular formula is C5H6FN2+. The van der Waals surface area contributed by atoms with Crippen molar-refractivity contribution >= 4 is 0 Å². The second kappa shape index (κ2) is 1.86. The maximum Gasteiger partial charge on any atom is 0.377 e. The van der Waals surface area contributed by atoms with Crippen molar-refractivity contribution in [3.8, 4) is 0 Å². The van der Waals surface area contributed by atoms with Gasteiger partial charge in [-0.05, 0) is 0 Å². The summed E-state index contributed by atoms with van der Waals surface area (Å²) in [7, 11) is 1.62. The molecule has 0 aromatic carbocycles. The topological polar surface area (TPSA) is 16.8 Å². The van der Waals surface area contributed by atoms with Gasteiger partial charge in [0.2, 0.25) is 0 Å². The summed E-state index contributed by atoms with van der Waals surface area (Å²) in [4.78, 5) is 3.55. The smallest absolute Gasteiger partial charge is 0.249 e. The van der Waals surface area contributed by atoms with Crippen molar-refractivity contribution in [3.05, 3.63) is 24.5 Å². The lowest BCUT2D eigenvalue weighted by molar-refractivity contribution is -0.700. The van der Waals surface area contributed by atoms with E-state index in [1.165, 1.54) is 17.0 Å². The number of halogens is 1. The van der Waals surface area contributed by atoms with Crippen LogP contribution in [0.4, 0.5) is 4.39 Å². The van der Waals surface area contributed by atoms with E-state index < -0.39 is 0 Å². The Kier molecular flexibility index (Phi) is 1.20. The van der Waals surface area contributed by atoms with E-state index in [1.54, 1.807) is 13.2 Å². The number of hydrogen-bond acceptors (Lipinski definition) is 1. The molecule has 0 spiro atoms. The quantitative estimate of drug-likeness (QED) is 0.434. The number of hydrogen-bond donors (Lipinski definition) is 0. The lowest BCUT2D eigenvalue weighted by atomic mass is 10.7. The molecule has 0 bridgehead atoms. The van der Waals surface area contributed by atoms with E-state index in [9.17, 15) is 4.39 Å². The van der Waals surface area contributed by atoms with Gasteiger partial charge in [0.15, 0.2) is 6.20 Å². The largest absolute Gasteiger partial charge is 0.377 e. The first-order valence-electron chi connectivity index (χ1n) is 2.26. The predicted molar refractivity (Wildman–Crippen MR) is 25.4 cm³/mol. The summed E-state index contributed by atoms with van der Waals surface area (Å²) in [6.07, 6.45) is 4.25. The highest BCUT2D eigenvalue weighted by atomic mass is 19.1. The second-order valence-corrected chi connectivity index (χ2v) is 1.51. The molecule has 0 saturated heterocycles. The molecule has 1 aromatic heterocycles. The first-order valence-corrected chi connectivity index (χ1v) is 2.26. The van der Waals surface area contributed by atoms with Gasteiger partial charge >= 0.3 is 5.95 Å². The average molecular weight is 113 g/mol. The van der Waals surface area contributed by atoms with Crippen LogP contribution in [0, 0.1) is 5.95 Å². The van der Waals surface area contributed by atoms with Gasteiger partial charge in [-0.15, -0.1) is 4.39 Å². The van der Waals surface area contributed by atoms with Gasteiger partial charge in [0.05, 0.1) is 6.20 Å². The van der Waals surface area contributed by atoms with E-state index in [-0.39, 0.29) is 5.95 Å². The lowest BCUT2D eigenvalue weighted by Crippen LogP contribution is -2.32. The molecule has 0 aliphatic rings. The number of rotatable bonds is 0. The standard InChI is InChI=1S/C5H6FN2/c1-8-3-2-7-4-5(8)6/h2-4H,1H3/q+1. The Morgan fingerprint density at radius 3 is 2.88 bits per heavy atom. The lowest BCUT2D eigenvalue weighted by Gasteiger charge is -1.82. The molecule has 0 saturated carbocycles. The highest BCUT2D eigenvalue weighted by Gasteiger charge is 1.98. The molecule has 42 valence electrons. The monoisotopic (exact) mass is 113 g/mol.